The first-order valence-electron chi connectivity index (χ1n) is 10.8. The van der Waals surface area contributed by atoms with E-state index in [1.54, 1.807) is 11.3 Å². The van der Waals surface area contributed by atoms with E-state index in [-0.39, 0.29) is 18.0 Å². The standard InChI is InChI=1S/C25H25N3O2S/c29-24(22-16-18-11-10-17-6-4-5-9-21(17)23(18)31-22)26-20-12-14-28(15-13-20)25(30)27-19-7-2-1-3-8-19/h1-9,16,20H,10-15H2,(H,26,29)(H,27,30). The van der Waals surface area contributed by atoms with Crippen molar-refractivity contribution in [3.05, 3.63) is 76.7 Å². The number of carbonyl (C=O) groups excluding carboxylic acids is 2. The van der Waals surface area contributed by atoms with Crippen LogP contribution in [-0.4, -0.2) is 36.0 Å². The van der Waals surface area contributed by atoms with Crippen LogP contribution < -0.4 is 10.6 Å². The van der Waals surface area contributed by atoms with Gasteiger partial charge in [0.25, 0.3) is 5.91 Å². The summed E-state index contributed by atoms with van der Waals surface area (Å²) >= 11 is 1.59. The van der Waals surface area contributed by atoms with E-state index < -0.39 is 0 Å². The number of likely N-dealkylation sites (tertiary alicyclic amines) is 1. The highest BCUT2D eigenvalue weighted by Gasteiger charge is 2.26. The van der Waals surface area contributed by atoms with Crippen LogP contribution >= 0.6 is 11.3 Å². The van der Waals surface area contributed by atoms with E-state index in [2.05, 4.69) is 41.0 Å². The molecule has 0 unspecified atom stereocenters. The molecule has 5 rings (SSSR count). The fourth-order valence-corrected chi connectivity index (χ4v) is 5.56. The maximum Gasteiger partial charge on any atom is 0.321 e. The third-order valence-corrected chi connectivity index (χ3v) is 7.31. The number of nitrogens with one attached hydrogen (secondary N) is 2. The molecular formula is C25H25N3O2S. The normalized spacial score (nSPS) is 15.7. The lowest BCUT2D eigenvalue weighted by molar-refractivity contribution is 0.0923. The minimum Gasteiger partial charge on any atom is -0.348 e. The second kappa shape index (κ2) is 8.55. The third kappa shape index (κ3) is 4.21. The minimum atomic E-state index is -0.0828. The molecule has 3 amide bonds. The Labute approximate surface area is 186 Å². The van der Waals surface area contributed by atoms with Gasteiger partial charge in [-0.2, -0.15) is 0 Å². The number of piperidine rings is 1. The lowest BCUT2D eigenvalue weighted by Crippen LogP contribution is -2.47. The summed E-state index contributed by atoms with van der Waals surface area (Å²) in [6.45, 7) is 1.27. The molecule has 1 aliphatic carbocycles. The molecule has 0 spiro atoms. The second-order valence-electron chi connectivity index (χ2n) is 8.15. The van der Waals surface area contributed by atoms with Crippen molar-refractivity contribution in [3.63, 3.8) is 0 Å². The minimum absolute atomic E-state index is 0.00377. The van der Waals surface area contributed by atoms with Crippen LogP contribution in [0.2, 0.25) is 0 Å². The van der Waals surface area contributed by atoms with Crippen LogP contribution in [0.15, 0.2) is 60.7 Å². The number of rotatable bonds is 3. The first-order valence-corrected chi connectivity index (χ1v) is 11.6. The van der Waals surface area contributed by atoms with Gasteiger partial charge >= 0.3 is 6.03 Å². The summed E-state index contributed by atoms with van der Waals surface area (Å²) in [5, 5.41) is 6.12. The molecule has 6 heteroatoms. The van der Waals surface area contributed by atoms with Crippen LogP contribution in [0.1, 0.15) is 33.6 Å². The Morgan fingerprint density at radius 3 is 2.42 bits per heavy atom. The van der Waals surface area contributed by atoms with Gasteiger partial charge in [-0.05, 0) is 60.6 Å². The Balaban J connectivity index is 1.18. The van der Waals surface area contributed by atoms with Gasteiger partial charge in [-0.15, -0.1) is 11.3 Å². The third-order valence-electron chi connectivity index (χ3n) is 6.10. The summed E-state index contributed by atoms with van der Waals surface area (Å²) in [5.74, 6) is 0.00377. The number of hydrogen-bond donors (Lipinski definition) is 2. The average Bonchev–Trinajstić information content (AvgIpc) is 3.25. The molecule has 3 aromatic rings. The Morgan fingerprint density at radius 1 is 0.903 bits per heavy atom. The number of amides is 3. The van der Waals surface area contributed by atoms with E-state index in [0.717, 1.165) is 36.2 Å². The van der Waals surface area contributed by atoms with Crippen LogP contribution in [0, 0.1) is 0 Å². The highest BCUT2D eigenvalue weighted by atomic mass is 32.1. The van der Waals surface area contributed by atoms with Crippen molar-refractivity contribution in [2.24, 2.45) is 0 Å². The highest BCUT2D eigenvalue weighted by molar-refractivity contribution is 7.17. The number of para-hydroxylation sites is 1. The lowest BCUT2D eigenvalue weighted by Gasteiger charge is -2.32. The summed E-state index contributed by atoms with van der Waals surface area (Å²) in [4.78, 5) is 29.2. The molecule has 158 valence electrons. The first kappa shape index (κ1) is 19.8. The molecule has 0 atom stereocenters. The smallest absolute Gasteiger partial charge is 0.321 e. The number of thiophene rings is 1. The monoisotopic (exact) mass is 431 g/mol. The molecule has 1 saturated heterocycles. The molecule has 2 N–H and O–H groups in total. The SMILES string of the molecule is O=C(NC1CCN(C(=O)Nc2ccccc2)CC1)c1cc2c(s1)-c1ccccc1CC2. The van der Waals surface area contributed by atoms with Crippen LogP contribution in [0.5, 0.6) is 0 Å². The van der Waals surface area contributed by atoms with E-state index in [1.807, 2.05) is 35.2 Å². The lowest BCUT2D eigenvalue weighted by atomic mass is 9.91. The molecule has 0 saturated carbocycles. The fraction of sp³-hybridized carbons (Fsp3) is 0.280. The largest absolute Gasteiger partial charge is 0.348 e. The number of fused-ring (bicyclic) bond motifs is 3. The second-order valence-corrected chi connectivity index (χ2v) is 9.21. The Bertz CT molecular complexity index is 1100. The zero-order chi connectivity index (χ0) is 21.2. The van der Waals surface area contributed by atoms with Gasteiger partial charge in [0.2, 0.25) is 0 Å². The summed E-state index contributed by atoms with van der Waals surface area (Å²) in [7, 11) is 0. The Kier molecular flexibility index (Phi) is 5.47. The van der Waals surface area contributed by atoms with Gasteiger partial charge in [0.05, 0.1) is 4.88 Å². The Hall–Kier alpha value is -3.12. The molecule has 0 radical (unpaired) electrons. The van der Waals surface area contributed by atoms with Crippen molar-refractivity contribution in [2.45, 2.75) is 31.7 Å². The van der Waals surface area contributed by atoms with Crippen molar-refractivity contribution in [1.82, 2.24) is 10.2 Å². The number of nitrogens with zero attached hydrogens (tertiary/aromatic N) is 1. The quantitative estimate of drug-likeness (QED) is 0.617. The fourth-order valence-electron chi connectivity index (χ4n) is 4.39. The van der Waals surface area contributed by atoms with E-state index in [9.17, 15) is 9.59 Å². The number of urea groups is 1. The summed E-state index contributed by atoms with van der Waals surface area (Å²) in [6, 6.07) is 20.0. The van der Waals surface area contributed by atoms with Gasteiger partial charge in [-0.1, -0.05) is 42.5 Å². The molecule has 5 nitrogen and oxygen atoms in total. The molecular weight excluding hydrogens is 406 g/mol. The maximum absolute atomic E-state index is 12.9. The summed E-state index contributed by atoms with van der Waals surface area (Å²) in [6.07, 6.45) is 3.55. The number of hydrogen-bond acceptors (Lipinski definition) is 3. The van der Waals surface area contributed by atoms with Gasteiger partial charge in [0, 0.05) is 29.7 Å². The van der Waals surface area contributed by atoms with Gasteiger partial charge in [0.15, 0.2) is 0 Å². The summed E-state index contributed by atoms with van der Waals surface area (Å²) < 4.78 is 0. The molecule has 2 aliphatic rings. The van der Waals surface area contributed by atoms with Gasteiger partial charge in [-0.3, -0.25) is 4.79 Å². The summed E-state index contributed by atoms with van der Waals surface area (Å²) in [5.41, 5.74) is 4.71. The first-order chi connectivity index (χ1) is 15.2. The van der Waals surface area contributed by atoms with E-state index >= 15 is 0 Å². The van der Waals surface area contributed by atoms with Crippen molar-refractivity contribution in [1.29, 1.82) is 0 Å². The van der Waals surface area contributed by atoms with Crippen LogP contribution in [0.3, 0.4) is 0 Å². The average molecular weight is 432 g/mol. The molecule has 2 heterocycles. The van der Waals surface area contributed by atoms with Crippen LogP contribution in [-0.2, 0) is 12.8 Å². The predicted octanol–water partition coefficient (Wildman–Crippen LogP) is 4.94. The van der Waals surface area contributed by atoms with E-state index in [1.165, 1.54) is 21.6 Å². The molecule has 1 aromatic heterocycles. The Morgan fingerprint density at radius 2 is 1.61 bits per heavy atom. The van der Waals surface area contributed by atoms with Crippen molar-refractivity contribution < 1.29 is 9.59 Å². The highest BCUT2D eigenvalue weighted by Crippen LogP contribution is 2.39. The number of anilines is 1. The van der Waals surface area contributed by atoms with Crippen molar-refractivity contribution in [3.8, 4) is 10.4 Å². The predicted molar refractivity (Wildman–Crippen MR) is 125 cm³/mol. The molecule has 0 bridgehead atoms. The van der Waals surface area contributed by atoms with E-state index in [0.29, 0.717) is 13.1 Å². The number of benzene rings is 2. The topological polar surface area (TPSA) is 61.4 Å². The number of aryl methyl sites for hydroxylation is 2. The van der Waals surface area contributed by atoms with E-state index in [4.69, 9.17) is 0 Å². The zero-order valence-electron chi connectivity index (χ0n) is 17.3. The van der Waals surface area contributed by atoms with Crippen LogP contribution in [0.25, 0.3) is 10.4 Å². The molecule has 1 aliphatic heterocycles. The van der Waals surface area contributed by atoms with Crippen molar-refractivity contribution >= 4 is 29.0 Å². The molecule has 31 heavy (non-hydrogen) atoms. The van der Waals surface area contributed by atoms with Crippen LogP contribution in [0.4, 0.5) is 10.5 Å². The molecule has 1 fully saturated rings. The van der Waals surface area contributed by atoms with Gasteiger partial charge < -0.3 is 15.5 Å². The molecule has 2 aromatic carbocycles. The van der Waals surface area contributed by atoms with Gasteiger partial charge in [-0.25, -0.2) is 4.79 Å². The number of carbonyl (C=O) groups is 2. The maximum atomic E-state index is 12.9. The van der Waals surface area contributed by atoms with Crippen molar-refractivity contribution in [2.75, 3.05) is 18.4 Å². The van der Waals surface area contributed by atoms with Gasteiger partial charge in [0.1, 0.15) is 0 Å². The zero-order valence-corrected chi connectivity index (χ0v) is 18.1.